The Labute approximate surface area is 249 Å². The van der Waals surface area contributed by atoms with Crippen molar-refractivity contribution in [3.63, 3.8) is 0 Å². The molecule has 2 saturated heterocycles. The summed E-state index contributed by atoms with van der Waals surface area (Å²) >= 11 is 12.5. The second-order valence-electron chi connectivity index (χ2n) is 11.4. The molecule has 4 rings (SSSR count). The van der Waals surface area contributed by atoms with Crippen LogP contribution in [0.25, 0.3) is 0 Å². The predicted octanol–water partition coefficient (Wildman–Crippen LogP) is 6.43. The van der Waals surface area contributed by atoms with Crippen LogP contribution in [0.2, 0.25) is 10.0 Å². The Morgan fingerprint density at radius 3 is 2.44 bits per heavy atom. The standard InChI is InChI=1S/C30H38Cl2F4N4O/c1-38-13-10-22(11-14-38)37-12-4-3-5-29(41)40-18-23(21-7-9-25(31)26(32)16-21)28(19-40)39(2)17-20-6-8-24(27(33)15-20)30(34,35)36/h6-9,15-16,22-23,28,37H,3-5,10-14,17-19H2,1-2H3/t23-,28-/m1/s1. The average molecular weight is 618 g/mol. The molecule has 0 aliphatic carbocycles. The van der Waals surface area contributed by atoms with Crippen molar-refractivity contribution >= 4 is 29.1 Å². The van der Waals surface area contributed by atoms with Crippen LogP contribution >= 0.6 is 23.2 Å². The molecule has 0 spiro atoms. The number of rotatable bonds is 10. The lowest BCUT2D eigenvalue weighted by molar-refractivity contribution is -0.140. The predicted molar refractivity (Wildman–Crippen MR) is 155 cm³/mol. The van der Waals surface area contributed by atoms with E-state index in [1.165, 1.54) is 6.07 Å². The van der Waals surface area contributed by atoms with E-state index >= 15 is 0 Å². The van der Waals surface area contributed by atoms with Crippen molar-refractivity contribution < 1.29 is 22.4 Å². The zero-order valence-corrected chi connectivity index (χ0v) is 25.0. The second-order valence-corrected chi connectivity index (χ2v) is 12.2. The van der Waals surface area contributed by atoms with E-state index in [0.29, 0.717) is 41.2 Å². The van der Waals surface area contributed by atoms with Crippen LogP contribution in [0, 0.1) is 5.82 Å². The van der Waals surface area contributed by atoms with Crippen molar-refractivity contribution in [2.75, 3.05) is 46.8 Å². The maximum atomic E-state index is 14.2. The molecule has 2 aromatic rings. The second kappa shape index (κ2) is 14.0. The number of hydrogen-bond donors (Lipinski definition) is 1. The minimum absolute atomic E-state index is 0.0748. The Kier molecular flexibility index (Phi) is 11.0. The van der Waals surface area contributed by atoms with Crippen LogP contribution in [0.3, 0.4) is 0 Å². The van der Waals surface area contributed by atoms with Crippen LogP contribution in [-0.2, 0) is 17.5 Å². The van der Waals surface area contributed by atoms with Gasteiger partial charge in [-0.1, -0.05) is 35.3 Å². The third kappa shape index (κ3) is 8.57. The molecule has 226 valence electrons. The third-order valence-electron chi connectivity index (χ3n) is 8.32. The van der Waals surface area contributed by atoms with Gasteiger partial charge in [0, 0.05) is 44.1 Å². The Bertz CT molecular complexity index is 1190. The monoisotopic (exact) mass is 616 g/mol. The van der Waals surface area contributed by atoms with Gasteiger partial charge in [0.2, 0.25) is 5.91 Å². The highest BCUT2D eigenvalue weighted by Gasteiger charge is 2.39. The number of carbonyl (C=O) groups is 1. The number of likely N-dealkylation sites (N-methyl/N-ethyl adjacent to an activating group) is 1. The summed E-state index contributed by atoms with van der Waals surface area (Å²) in [5, 5.41) is 4.46. The van der Waals surface area contributed by atoms with Gasteiger partial charge in [0.25, 0.3) is 0 Å². The van der Waals surface area contributed by atoms with Crippen LogP contribution in [0.4, 0.5) is 17.6 Å². The molecule has 1 amide bonds. The molecule has 0 bridgehead atoms. The highest BCUT2D eigenvalue weighted by Crippen LogP contribution is 2.36. The van der Waals surface area contributed by atoms with Gasteiger partial charge in [0.05, 0.1) is 15.6 Å². The summed E-state index contributed by atoms with van der Waals surface area (Å²) in [6.45, 7) is 4.27. The molecule has 2 atom stereocenters. The summed E-state index contributed by atoms with van der Waals surface area (Å²) in [6.07, 6.45) is -0.296. The summed E-state index contributed by atoms with van der Waals surface area (Å²) in [6, 6.07) is 8.83. The quantitative estimate of drug-likeness (QED) is 0.247. The van der Waals surface area contributed by atoms with Crippen molar-refractivity contribution in [3.8, 4) is 0 Å². The van der Waals surface area contributed by atoms with Crippen LogP contribution in [-0.4, -0.2) is 79.5 Å². The third-order valence-corrected chi connectivity index (χ3v) is 9.06. The van der Waals surface area contributed by atoms with E-state index < -0.39 is 17.6 Å². The van der Waals surface area contributed by atoms with Gasteiger partial charge in [-0.05, 0) is 94.8 Å². The van der Waals surface area contributed by atoms with E-state index in [4.69, 9.17) is 23.2 Å². The first kappa shape index (κ1) is 32.0. The van der Waals surface area contributed by atoms with E-state index in [-0.39, 0.29) is 24.4 Å². The number of nitrogens with one attached hydrogen (secondary N) is 1. The zero-order chi connectivity index (χ0) is 29.7. The Morgan fingerprint density at radius 1 is 1.05 bits per heavy atom. The van der Waals surface area contributed by atoms with Gasteiger partial charge in [-0.3, -0.25) is 9.69 Å². The molecular weight excluding hydrogens is 579 g/mol. The lowest BCUT2D eigenvalue weighted by Crippen LogP contribution is -2.41. The number of likely N-dealkylation sites (tertiary alicyclic amines) is 2. The van der Waals surface area contributed by atoms with Crippen molar-refractivity contribution in [2.45, 2.75) is 62.8 Å². The Morgan fingerprint density at radius 2 is 1.78 bits per heavy atom. The molecule has 0 radical (unpaired) electrons. The molecule has 0 aromatic heterocycles. The maximum Gasteiger partial charge on any atom is 0.419 e. The molecule has 0 saturated carbocycles. The number of piperidine rings is 1. The number of carbonyl (C=O) groups excluding carboxylic acids is 1. The minimum atomic E-state index is -4.75. The smallest absolute Gasteiger partial charge is 0.340 e. The zero-order valence-electron chi connectivity index (χ0n) is 23.5. The molecule has 0 unspecified atom stereocenters. The van der Waals surface area contributed by atoms with E-state index in [1.807, 2.05) is 22.9 Å². The largest absolute Gasteiger partial charge is 0.419 e. The van der Waals surface area contributed by atoms with Crippen molar-refractivity contribution in [1.82, 2.24) is 20.0 Å². The van der Waals surface area contributed by atoms with E-state index in [0.717, 1.165) is 63.0 Å². The highest BCUT2D eigenvalue weighted by molar-refractivity contribution is 6.42. The molecule has 11 heteroatoms. The fourth-order valence-electron chi connectivity index (χ4n) is 5.88. The number of hydrogen-bond acceptors (Lipinski definition) is 4. The van der Waals surface area contributed by atoms with Crippen LogP contribution in [0.5, 0.6) is 0 Å². The average Bonchev–Trinajstić information content (AvgIpc) is 3.36. The maximum absolute atomic E-state index is 14.2. The molecule has 2 aliphatic rings. The summed E-state index contributed by atoms with van der Waals surface area (Å²) in [5.74, 6) is -1.31. The molecular formula is C30H38Cl2F4N4O. The Balaban J connectivity index is 1.38. The van der Waals surface area contributed by atoms with Crippen molar-refractivity contribution in [3.05, 3.63) is 69.0 Å². The van der Waals surface area contributed by atoms with Crippen molar-refractivity contribution in [2.24, 2.45) is 0 Å². The minimum Gasteiger partial charge on any atom is -0.340 e. The molecule has 2 aliphatic heterocycles. The number of alkyl halides is 3. The van der Waals surface area contributed by atoms with Gasteiger partial charge in [0.1, 0.15) is 5.82 Å². The van der Waals surface area contributed by atoms with Gasteiger partial charge in [0.15, 0.2) is 0 Å². The highest BCUT2D eigenvalue weighted by atomic mass is 35.5. The van der Waals surface area contributed by atoms with Crippen LogP contribution in [0.1, 0.15) is 54.7 Å². The number of amides is 1. The lowest BCUT2D eigenvalue weighted by atomic mass is 9.93. The first-order chi connectivity index (χ1) is 19.4. The lowest BCUT2D eigenvalue weighted by Gasteiger charge is -2.29. The number of benzene rings is 2. The summed E-state index contributed by atoms with van der Waals surface area (Å²) in [4.78, 5) is 19.4. The van der Waals surface area contributed by atoms with Gasteiger partial charge < -0.3 is 15.1 Å². The fraction of sp³-hybridized carbons (Fsp3) is 0.567. The van der Waals surface area contributed by atoms with Crippen LogP contribution < -0.4 is 5.32 Å². The molecule has 2 heterocycles. The summed E-state index contributed by atoms with van der Waals surface area (Å²) in [5.41, 5.74) is 0.0667. The normalized spacial score (nSPS) is 20.8. The molecule has 2 fully saturated rings. The van der Waals surface area contributed by atoms with Gasteiger partial charge in [-0.2, -0.15) is 13.2 Å². The molecule has 41 heavy (non-hydrogen) atoms. The number of halogens is 6. The van der Waals surface area contributed by atoms with Gasteiger partial charge in [-0.25, -0.2) is 4.39 Å². The van der Waals surface area contributed by atoms with E-state index in [2.05, 4.69) is 17.3 Å². The first-order valence-corrected chi connectivity index (χ1v) is 14.9. The van der Waals surface area contributed by atoms with Crippen molar-refractivity contribution in [1.29, 1.82) is 0 Å². The summed E-state index contributed by atoms with van der Waals surface area (Å²) in [7, 11) is 3.98. The Hall–Kier alpha value is -1.91. The number of unbranched alkanes of at least 4 members (excludes halogenated alkanes) is 1. The van der Waals surface area contributed by atoms with E-state index in [9.17, 15) is 22.4 Å². The molecule has 1 N–H and O–H groups in total. The topological polar surface area (TPSA) is 38.8 Å². The SMILES string of the molecule is CN1CCC(NCCCCC(=O)N2C[C@H](c3ccc(Cl)c(Cl)c3)[C@H](N(C)Cc3ccc(C(F)(F)F)c(F)c3)C2)CC1. The first-order valence-electron chi connectivity index (χ1n) is 14.1. The summed E-state index contributed by atoms with van der Waals surface area (Å²) < 4.78 is 53.3. The molecule has 5 nitrogen and oxygen atoms in total. The van der Waals surface area contributed by atoms with Gasteiger partial charge >= 0.3 is 6.18 Å². The fourth-order valence-corrected chi connectivity index (χ4v) is 6.18. The van der Waals surface area contributed by atoms with E-state index in [1.54, 1.807) is 12.1 Å². The number of nitrogens with zero attached hydrogens (tertiary/aromatic N) is 3. The van der Waals surface area contributed by atoms with Crippen LogP contribution in [0.15, 0.2) is 36.4 Å². The molecule has 2 aromatic carbocycles. The van der Waals surface area contributed by atoms with Gasteiger partial charge in [-0.15, -0.1) is 0 Å².